The Labute approximate surface area is 203 Å². The monoisotopic (exact) mass is 469 g/mol. The van der Waals surface area contributed by atoms with Crippen LogP contribution in [0.1, 0.15) is 16.1 Å². The van der Waals surface area contributed by atoms with Crippen molar-refractivity contribution in [2.45, 2.75) is 6.42 Å². The molecule has 0 radical (unpaired) electrons. The molecular weight excluding hydrogens is 442 g/mol. The van der Waals surface area contributed by atoms with E-state index >= 15 is 0 Å². The van der Waals surface area contributed by atoms with Crippen LogP contribution in [0.4, 0.5) is 11.4 Å². The Hall–Kier alpha value is -4.26. The summed E-state index contributed by atoms with van der Waals surface area (Å²) in [5.41, 5.74) is 3.00. The first kappa shape index (κ1) is 22.5. The van der Waals surface area contributed by atoms with Gasteiger partial charge in [0.05, 0.1) is 13.5 Å². The first-order valence-corrected chi connectivity index (χ1v) is 11.7. The van der Waals surface area contributed by atoms with Crippen molar-refractivity contribution in [3.63, 3.8) is 0 Å². The van der Waals surface area contributed by atoms with Gasteiger partial charge in [0.2, 0.25) is 11.7 Å². The number of para-hydroxylation sites is 1. The van der Waals surface area contributed by atoms with Crippen LogP contribution in [-0.4, -0.2) is 50.0 Å². The molecule has 7 heteroatoms. The number of ether oxygens (including phenoxy) is 1. The number of anilines is 2. The Bertz CT molecular complexity index is 1320. The van der Waals surface area contributed by atoms with Crippen molar-refractivity contribution in [3.05, 3.63) is 90.2 Å². The van der Waals surface area contributed by atoms with Gasteiger partial charge in [0.1, 0.15) is 17.0 Å². The molecule has 0 unspecified atom stereocenters. The van der Waals surface area contributed by atoms with E-state index in [0.717, 1.165) is 17.0 Å². The SMILES string of the molecule is COc1ccc(N2CCN(C(=O)c3oc4ccccc4c3NC(=O)Cc3ccccc3)CC2)cc1. The normalized spacial score (nSPS) is 13.6. The Morgan fingerprint density at radius 1 is 0.886 bits per heavy atom. The van der Waals surface area contributed by atoms with Crippen LogP contribution in [0.5, 0.6) is 5.75 Å². The molecule has 1 fully saturated rings. The summed E-state index contributed by atoms with van der Waals surface area (Å²) < 4.78 is 11.2. The quantitative estimate of drug-likeness (QED) is 0.447. The van der Waals surface area contributed by atoms with E-state index in [-0.39, 0.29) is 24.0 Å². The van der Waals surface area contributed by atoms with Gasteiger partial charge in [-0.05, 0) is 42.0 Å². The van der Waals surface area contributed by atoms with Gasteiger partial charge in [-0.15, -0.1) is 0 Å². The van der Waals surface area contributed by atoms with E-state index in [1.165, 1.54) is 0 Å². The van der Waals surface area contributed by atoms with Crippen LogP contribution in [0.25, 0.3) is 11.0 Å². The summed E-state index contributed by atoms with van der Waals surface area (Å²) in [6, 6.07) is 24.8. The van der Waals surface area contributed by atoms with Crippen LogP contribution in [0.3, 0.4) is 0 Å². The van der Waals surface area contributed by atoms with Gasteiger partial charge >= 0.3 is 0 Å². The average molecular weight is 470 g/mol. The average Bonchev–Trinajstić information content (AvgIpc) is 3.27. The number of benzene rings is 3. The van der Waals surface area contributed by atoms with E-state index in [2.05, 4.69) is 10.2 Å². The second kappa shape index (κ2) is 9.93. The number of nitrogens with one attached hydrogen (secondary N) is 1. The second-order valence-electron chi connectivity index (χ2n) is 8.49. The van der Waals surface area contributed by atoms with Crippen molar-refractivity contribution in [2.24, 2.45) is 0 Å². The number of furan rings is 1. The summed E-state index contributed by atoms with van der Waals surface area (Å²) in [5.74, 6) is 0.575. The zero-order valence-corrected chi connectivity index (χ0v) is 19.6. The third-order valence-electron chi connectivity index (χ3n) is 6.27. The highest BCUT2D eigenvalue weighted by atomic mass is 16.5. The Balaban J connectivity index is 1.32. The lowest BCUT2D eigenvalue weighted by Gasteiger charge is -2.35. The molecule has 2 heterocycles. The predicted octanol–water partition coefficient (Wildman–Crippen LogP) is 4.59. The van der Waals surface area contributed by atoms with E-state index in [9.17, 15) is 9.59 Å². The zero-order valence-electron chi connectivity index (χ0n) is 19.6. The predicted molar refractivity (Wildman–Crippen MR) is 136 cm³/mol. The first-order valence-electron chi connectivity index (χ1n) is 11.7. The van der Waals surface area contributed by atoms with E-state index < -0.39 is 0 Å². The first-order chi connectivity index (χ1) is 17.1. The molecule has 7 nitrogen and oxygen atoms in total. The number of piperazine rings is 1. The number of amides is 2. The van der Waals surface area contributed by atoms with Crippen molar-refractivity contribution in [2.75, 3.05) is 43.5 Å². The minimum atomic E-state index is -0.217. The maximum Gasteiger partial charge on any atom is 0.291 e. The highest BCUT2D eigenvalue weighted by molar-refractivity contribution is 6.11. The van der Waals surface area contributed by atoms with E-state index in [0.29, 0.717) is 42.8 Å². The maximum absolute atomic E-state index is 13.5. The third-order valence-corrected chi connectivity index (χ3v) is 6.27. The molecule has 0 spiro atoms. The summed E-state index contributed by atoms with van der Waals surface area (Å²) >= 11 is 0. The molecule has 0 atom stereocenters. The van der Waals surface area contributed by atoms with Crippen molar-refractivity contribution in [3.8, 4) is 5.75 Å². The highest BCUT2D eigenvalue weighted by Crippen LogP contribution is 2.32. The molecule has 5 rings (SSSR count). The lowest BCUT2D eigenvalue weighted by molar-refractivity contribution is -0.115. The minimum Gasteiger partial charge on any atom is -0.497 e. The number of hydrogen-bond donors (Lipinski definition) is 1. The largest absolute Gasteiger partial charge is 0.497 e. The molecule has 0 saturated carbocycles. The van der Waals surface area contributed by atoms with Gasteiger partial charge in [0.25, 0.3) is 5.91 Å². The van der Waals surface area contributed by atoms with Crippen molar-refractivity contribution in [1.29, 1.82) is 0 Å². The lowest BCUT2D eigenvalue weighted by atomic mass is 10.1. The van der Waals surface area contributed by atoms with Crippen molar-refractivity contribution < 1.29 is 18.7 Å². The van der Waals surface area contributed by atoms with Gasteiger partial charge in [-0.3, -0.25) is 9.59 Å². The Morgan fingerprint density at radius 3 is 2.29 bits per heavy atom. The molecule has 178 valence electrons. The van der Waals surface area contributed by atoms with Gasteiger partial charge in [0.15, 0.2) is 0 Å². The summed E-state index contributed by atoms with van der Waals surface area (Å²) in [7, 11) is 1.65. The Kier molecular flexibility index (Phi) is 6.39. The standard InChI is InChI=1S/C28H27N3O4/c1-34-22-13-11-21(12-14-22)30-15-17-31(18-16-30)28(33)27-26(23-9-5-6-10-24(23)35-27)29-25(32)19-20-7-3-2-4-8-20/h2-14H,15-19H2,1H3,(H,29,32). The van der Waals surface area contributed by atoms with Crippen LogP contribution < -0.4 is 15.0 Å². The highest BCUT2D eigenvalue weighted by Gasteiger charge is 2.29. The Morgan fingerprint density at radius 2 is 1.57 bits per heavy atom. The number of rotatable bonds is 6. The van der Waals surface area contributed by atoms with E-state index in [1.54, 1.807) is 18.1 Å². The molecule has 2 amide bonds. The maximum atomic E-state index is 13.5. The van der Waals surface area contributed by atoms with Gasteiger partial charge in [-0.2, -0.15) is 0 Å². The molecule has 3 aromatic carbocycles. The molecule has 1 N–H and O–H groups in total. The summed E-state index contributed by atoms with van der Waals surface area (Å²) in [4.78, 5) is 30.4. The lowest BCUT2D eigenvalue weighted by Crippen LogP contribution is -2.48. The van der Waals surface area contributed by atoms with Gasteiger partial charge in [-0.25, -0.2) is 0 Å². The molecule has 1 aliphatic rings. The molecule has 1 aliphatic heterocycles. The molecular formula is C28H27N3O4. The number of carbonyl (C=O) groups is 2. The molecule has 0 bridgehead atoms. The fraction of sp³-hybridized carbons (Fsp3) is 0.214. The fourth-order valence-corrected chi connectivity index (χ4v) is 4.39. The van der Waals surface area contributed by atoms with E-state index in [1.807, 2.05) is 72.8 Å². The smallest absolute Gasteiger partial charge is 0.291 e. The minimum absolute atomic E-state index is 0.172. The zero-order chi connectivity index (χ0) is 24.2. The summed E-state index contributed by atoms with van der Waals surface area (Å²) in [5, 5.41) is 3.66. The van der Waals surface area contributed by atoms with Gasteiger partial charge in [0, 0.05) is 37.3 Å². The third kappa shape index (κ3) is 4.84. The van der Waals surface area contributed by atoms with Crippen LogP contribution in [0, 0.1) is 0 Å². The number of carbonyl (C=O) groups excluding carboxylic acids is 2. The van der Waals surface area contributed by atoms with Gasteiger partial charge in [-0.1, -0.05) is 42.5 Å². The summed E-state index contributed by atoms with van der Waals surface area (Å²) in [6.07, 6.45) is 0.217. The van der Waals surface area contributed by atoms with Crippen LogP contribution >= 0.6 is 0 Å². The number of hydrogen-bond acceptors (Lipinski definition) is 5. The van der Waals surface area contributed by atoms with Gasteiger partial charge < -0.3 is 24.3 Å². The van der Waals surface area contributed by atoms with E-state index in [4.69, 9.17) is 9.15 Å². The van der Waals surface area contributed by atoms with Crippen molar-refractivity contribution >= 4 is 34.2 Å². The summed E-state index contributed by atoms with van der Waals surface area (Å²) in [6.45, 7) is 2.51. The number of methoxy groups -OCH3 is 1. The second-order valence-corrected chi connectivity index (χ2v) is 8.49. The van der Waals surface area contributed by atoms with Crippen LogP contribution in [0.2, 0.25) is 0 Å². The molecule has 0 aliphatic carbocycles. The van der Waals surface area contributed by atoms with Crippen LogP contribution in [-0.2, 0) is 11.2 Å². The molecule has 1 saturated heterocycles. The van der Waals surface area contributed by atoms with Crippen LogP contribution in [0.15, 0.2) is 83.3 Å². The number of fused-ring (bicyclic) bond motifs is 1. The number of nitrogens with zero attached hydrogens (tertiary/aromatic N) is 2. The van der Waals surface area contributed by atoms with Crippen molar-refractivity contribution in [1.82, 2.24) is 4.90 Å². The topological polar surface area (TPSA) is 75.0 Å². The molecule has 35 heavy (non-hydrogen) atoms. The molecule has 4 aromatic rings. The fourth-order valence-electron chi connectivity index (χ4n) is 4.39. The molecule has 1 aromatic heterocycles.